The van der Waals surface area contributed by atoms with Crippen molar-refractivity contribution >= 4 is 33.6 Å². The number of aryl methyl sites for hydroxylation is 1. The fraction of sp³-hybridized carbons (Fsp3) is 0.111. The predicted molar refractivity (Wildman–Crippen MR) is 94.1 cm³/mol. The third-order valence-electron chi connectivity index (χ3n) is 3.25. The molecule has 0 bridgehead atoms. The van der Waals surface area contributed by atoms with Crippen LogP contribution in [0.2, 0.25) is 0 Å². The van der Waals surface area contributed by atoms with E-state index in [1.165, 1.54) is 6.08 Å². The van der Waals surface area contributed by atoms with Crippen molar-refractivity contribution in [2.45, 2.75) is 6.92 Å². The van der Waals surface area contributed by atoms with E-state index in [9.17, 15) is 10.1 Å². The van der Waals surface area contributed by atoms with Crippen LogP contribution in [-0.4, -0.2) is 13.0 Å². The number of anilines is 1. The van der Waals surface area contributed by atoms with E-state index in [4.69, 9.17) is 4.74 Å². The lowest BCUT2D eigenvalue weighted by Gasteiger charge is -2.07. The first-order valence-electron chi connectivity index (χ1n) is 6.87. The molecule has 0 fully saturated rings. The van der Waals surface area contributed by atoms with Crippen molar-refractivity contribution in [3.05, 3.63) is 63.6 Å². The Kier molecular flexibility index (Phi) is 5.56. The van der Waals surface area contributed by atoms with Crippen LogP contribution in [0.15, 0.2) is 52.5 Å². The average molecular weight is 371 g/mol. The highest BCUT2D eigenvalue weighted by Gasteiger charge is 2.11. The van der Waals surface area contributed by atoms with Crippen molar-refractivity contribution < 1.29 is 9.53 Å². The van der Waals surface area contributed by atoms with E-state index in [1.54, 1.807) is 31.4 Å². The number of rotatable bonds is 4. The lowest BCUT2D eigenvalue weighted by atomic mass is 10.1. The van der Waals surface area contributed by atoms with Crippen molar-refractivity contribution in [3.63, 3.8) is 0 Å². The fourth-order valence-corrected chi connectivity index (χ4v) is 2.55. The van der Waals surface area contributed by atoms with Gasteiger partial charge >= 0.3 is 0 Å². The first-order chi connectivity index (χ1) is 11.0. The molecule has 0 saturated carbocycles. The molecule has 0 atom stereocenters. The quantitative estimate of drug-likeness (QED) is 0.644. The number of nitrogens with one attached hydrogen (secondary N) is 1. The van der Waals surface area contributed by atoms with Crippen LogP contribution in [-0.2, 0) is 4.79 Å². The molecule has 0 spiro atoms. The van der Waals surface area contributed by atoms with Crippen molar-refractivity contribution in [3.8, 4) is 11.8 Å². The molecule has 1 amide bonds. The number of carbonyl (C=O) groups is 1. The molecular formula is C18H15BrN2O2. The molecule has 0 heterocycles. The van der Waals surface area contributed by atoms with Crippen LogP contribution < -0.4 is 10.1 Å². The molecule has 1 N–H and O–H groups in total. The van der Waals surface area contributed by atoms with Crippen LogP contribution >= 0.6 is 15.9 Å². The number of hydrogen-bond acceptors (Lipinski definition) is 3. The molecule has 0 aliphatic carbocycles. The molecule has 5 heteroatoms. The second-order valence-electron chi connectivity index (χ2n) is 4.83. The van der Waals surface area contributed by atoms with Crippen LogP contribution in [0.1, 0.15) is 11.1 Å². The molecule has 0 radical (unpaired) electrons. The van der Waals surface area contributed by atoms with Crippen molar-refractivity contribution in [1.82, 2.24) is 0 Å². The van der Waals surface area contributed by atoms with E-state index in [0.29, 0.717) is 11.4 Å². The Balaban J connectivity index is 2.25. The van der Waals surface area contributed by atoms with Gasteiger partial charge in [-0.15, -0.1) is 0 Å². The zero-order valence-electron chi connectivity index (χ0n) is 12.8. The van der Waals surface area contributed by atoms with Gasteiger partial charge in [0.25, 0.3) is 5.91 Å². The van der Waals surface area contributed by atoms with Crippen molar-refractivity contribution in [2.24, 2.45) is 0 Å². The van der Waals surface area contributed by atoms with E-state index in [2.05, 4.69) is 21.2 Å². The minimum absolute atomic E-state index is 0.0327. The van der Waals surface area contributed by atoms with E-state index in [-0.39, 0.29) is 5.57 Å². The topological polar surface area (TPSA) is 62.1 Å². The summed E-state index contributed by atoms with van der Waals surface area (Å²) in [6.07, 6.45) is 1.54. The monoisotopic (exact) mass is 370 g/mol. The lowest BCUT2D eigenvalue weighted by Crippen LogP contribution is -2.14. The molecular weight excluding hydrogens is 356 g/mol. The van der Waals surface area contributed by atoms with Crippen molar-refractivity contribution in [1.29, 1.82) is 5.26 Å². The fourth-order valence-electron chi connectivity index (χ4n) is 1.99. The molecule has 0 aliphatic heterocycles. The van der Waals surface area contributed by atoms with E-state index in [0.717, 1.165) is 15.6 Å². The van der Waals surface area contributed by atoms with Crippen LogP contribution in [0.25, 0.3) is 6.08 Å². The summed E-state index contributed by atoms with van der Waals surface area (Å²) in [4.78, 5) is 12.3. The van der Waals surface area contributed by atoms with Crippen LogP contribution in [0.3, 0.4) is 0 Å². The maximum Gasteiger partial charge on any atom is 0.266 e. The first kappa shape index (κ1) is 16.8. The van der Waals surface area contributed by atoms with Gasteiger partial charge in [-0.1, -0.05) is 24.3 Å². The number of ether oxygens (including phenoxy) is 1. The van der Waals surface area contributed by atoms with E-state index >= 15 is 0 Å². The minimum atomic E-state index is -0.436. The highest BCUT2D eigenvalue weighted by Crippen LogP contribution is 2.26. The maximum atomic E-state index is 12.3. The number of nitrogens with zero attached hydrogens (tertiary/aromatic N) is 1. The molecule has 0 saturated heterocycles. The SMILES string of the molecule is COc1ccc(/C=C(/C#N)C(=O)Nc2ccccc2C)cc1Br. The van der Waals surface area contributed by atoms with Gasteiger partial charge in [0, 0.05) is 5.69 Å². The predicted octanol–water partition coefficient (Wildman–Crippen LogP) is 4.31. The highest BCUT2D eigenvalue weighted by atomic mass is 79.9. The number of methoxy groups -OCH3 is 1. The van der Waals surface area contributed by atoms with Gasteiger partial charge in [0.05, 0.1) is 11.6 Å². The summed E-state index contributed by atoms with van der Waals surface area (Å²) in [5, 5.41) is 12.0. The summed E-state index contributed by atoms with van der Waals surface area (Å²) in [7, 11) is 1.58. The van der Waals surface area contributed by atoms with Gasteiger partial charge in [-0.2, -0.15) is 5.26 Å². The molecule has 116 valence electrons. The van der Waals surface area contributed by atoms with Gasteiger partial charge in [-0.25, -0.2) is 0 Å². The van der Waals surface area contributed by atoms with E-state index in [1.807, 2.05) is 31.2 Å². The van der Waals surface area contributed by atoms with Crippen LogP contribution in [0, 0.1) is 18.3 Å². The van der Waals surface area contributed by atoms with Gasteiger partial charge < -0.3 is 10.1 Å². The third kappa shape index (κ3) is 4.21. The van der Waals surface area contributed by atoms with Crippen LogP contribution in [0.5, 0.6) is 5.75 Å². The zero-order chi connectivity index (χ0) is 16.8. The first-order valence-corrected chi connectivity index (χ1v) is 7.66. The highest BCUT2D eigenvalue weighted by molar-refractivity contribution is 9.10. The Labute approximate surface area is 143 Å². The van der Waals surface area contributed by atoms with E-state index < -0.39 is 5.91 Å². The summed E-state index contributed by atoms with van der Waals surface area (Å²) in [5.74, 6) is 0.249. The number of benzene rings is 2. The Morgan fingerprint density at radius 3 is 2.65 bits per heavy atom. The molecule has 0 aromatic heterocycles. The second-order valence-corrected chi connectivity index (χ2v) is 5.69. The molecule has 0 unspecified atom stereocenters. The lowest BCUT2D eigenvalue weighted by molar-refractivity contribution is -0.112. The normalized spacial score (nSPS) is 10.8. The maximum absolute atomic E-state index is 12.3. The summed E-state index contributed by atoms with van der Waals surface area (Å²) >= 11 is 3.38. The molecule has 2 aromatic rings. The molecule has 4 nitrogen and oxygen atoms in total. The molecule has 23 heavy (non-hydrogen) atoms. The van der Waals surface area contributed by atoms with Gasteiger partial charge in [-0.3, -0.25) is 4.79 Å². The Morgan fingerprint density at radius 2 is 2.04 bits per heavy atom. The standard InChI is InChI=1S/C18H15BrN2O2/c1-12-5-3-4-6-16(12)21-18(22)14(11-20)9-13-7-8-17(23-2)15(19)10-13/h3-10H,1-2H3,(H,21,22)/b14-9-. The van der Waals surface area contributed by atoms with Crippen molar-refractivity contribution in [2.75, 3.05) is 12.4 Å². The summed E-state index contributed by atoms with van der Waals surface area (Å²) in [6.45, 7) is 1.89. The average Bonchev–Trinajstić information content (AvgIpc) is 2.54. The third-order valence-corrected chi connectivity index (χ3v) is 3.86. The second kappa shape index (κ2) is 7.61. The largest absolute Gasteiger partial charge is 0.496 e. The Morgan fingerprint density at radius 1 is 1.30 bits per heavy atom. The number of para-hydroxylation sites is 1. The number of carbonyl (C=O) groups excluding carboxylic acids is 1. The van der Waals surface area contributed by atoms with Crippen LogP contribution in [0.4, 0.5) is 5.69 Å². The summed E-state index contributed by atoms with van der Waals surface area (Å²) < 4.78 is 5.91. The Bertz CT molecular complexity index is 807. The molecule has 2 rings (SSSR count). The number of amides is 1. The number of nitriles is 1. The summed E-state index contributed by atoms with van der Waals surface area (Å²) in [6, 6.07) is 14.7. The van der Waals surface area contributed by atoms with Gasteiger partial charge in [0.1, 0.15) is 17.4 Å². The Hall–Kier alpha value is -2.58. The molecule has 0 aliphatic rings. The zero-order valence-corrected chi connectivity index (χ0v) is 14.3. The molecule has 2 aromatic carbocycles. The van der Waals surface area contributed by atoms with Gasteiger partial charge in [0.15, 0.2) is 0 Å². The smallest absolute Gasteiger partial charge is 0.266 e. The minimum Gasteiger partial charge on any atom is -0.496 e. The van der Waals surface area contributed by atoms with Gasteiger partial charge in [-0.05, 0) is 58.3 Å². The number of halogens is 1. The summed E-state index contributed by atoms with van der Waals surface area (Å²) in [5.41, 5.74) is 2.39. The number of hydrogen-bond donors (Lipinski definition) is 1. The van der Waals surface area contributed by atoms with Gasteiger partial charge in [0.2, 0.25) is 0 Å².